The molecular formula is C23H27N3O3. The van der Waals surface area contributed by atoms with Crippen molar-refractivity contribution in [3.8, 4) is 0 Å². The average Bonchev–Trinajstić information content (AvgIpc) is 2.91. The lowest BCUT2D eigenvalue weighted by Crippen LogP contribution is -2.44. The quantitative estimate of drug-likeness (QED) is 0.793. The molecule has 1 aliphatic rings. The molecule has 6 heteroatoms. The molecule has 29 heavy (non-hydrogen) atoms. The van der Waals surface area contributed by atoms with E-state index in [0.717, 1.165) is 21.6 Å². The van der Waals surface area contributed by atoms with Crippen molar-refractivity contribution in [2.45, 2.75) is 39.3 Å². The molecule has 1 aliphatic heterocycles. The fourth-order valence-electron chi connectivity index (χ4n) is 3.45. The normalized spacial score (nSPS) is 19.8. The van der Waals surface area contributed by atoms with Crippen molar-refractivity contribution < 1.29 is 14.4 Å². The van der Waals surface area contributed by atoms with Gasteiger partial charge in [-0.2, -0.15) is 0 Å². The van der Waals surface area contributed by atoms with Gasteiger partial charge in [-0.05, 0) is 38.8 Å². The minimum absolute atomic E-state index is 0.174. The number of rotatable bonds is 5. The number of benzene rings is 2. The van der Waals surface area contributed by atoms with Gasteiger partial charge in [0.05, 0.1) is 6.04 Å². The van der Waals surface area contributed by atoms with Crippen molar-refractivity contribution in [1.82, 2.24) is 15.1 Å². The van der Waals surface area contributed by atoms with Crippen molar-refractivity contribution in [3.63, 3.8) is 0 Å². The van der Waals surface area contributed by atoms with Crippen LogP contribution in [0.3, 0.4) is 0 Å². The van der Waals surface area contributed by atoms with Gasteiger partial charge in [0.25, 0.3) is 5.91 Å². The summed E-state index contributed by atoms with van der Waals surface area (Å²) in [4.78, 5) is 40.9. The Labute approximate surface area is 171 Å². The topological polar surface area (TPSA) is 69.7 Å². The summed E-state index contributed by atoms with van der Waals surface area (Å²) in [5.74, 6) is -0.717. The molecule has 0 aromatic heterocycles. The molecule has 2 unspecified atom stereocenters. The fourth-order valence-corrected chi connectivity index (χ4v) is 3.45. The van der Waals surface area contributed by atoms with Crippen LogP contribution < -0.4 is 5.32 Å². The van der Waals surface area contributed by atoms with Crippen LogP contribution in [0.15, 0.2) is 48.5 Å². The Bertz CT molecular complexity index is 937. The minimum atomic E-state index is -1.17. The van der Waals surface area contributed by atoms with E-state index in [4.69, 9.17) is 0 Å². The van der Waals surface area contributed by atoms with Crippen molar-refractivity contribution in [1.29, 1.82) is 0 Å². The molecule has 3 rings (SSSR count). The lowest BCUT2D eigenvalue weighted by atomic mass is 9.91. The third kappa shape index (κ3) is 3.88. The molecule has 2 atom stereocenters. The van der Waals surface area contributed by atoms with Crippen LogP contribution in [0.2, 0.25) is 0 Å². The van der Waals surface area contributed by atoms with Gasteiger partial charge in [-0.25, -0.2) is 4.79 Å². The Morgan fingerprint density at radius 1 is 1.03 bits per heavy atom. The van der Waals surface area contributed by atoms with Crippen molar-refractivity contribution in [3.05, 3.63) is 70.8 Å². The first-order chi connectivity index (χ1) is 13.6. The number of hydrogen-bond acceptors (Lipinski definition) is 3. The van der Waals surface area contributed by atoms with Gasteiger partial charge in [0.2, 0.25) is 5.91 Å². The summed E-state index contributed by atoms with van der Waals surface area (Å²) in [6.07, 6.45) is 0. The van der Waals surface area contributed by atoms with Crippen LogP contribution in [-0.4, -0.2) is 41.2 Å². The molecule has 0 aliphatic carbocycles. The predicted molar refractivity (Wildman–Crippen MR) is 111 cm³/mol. The van der Waals surface area contributed by atoms with Crippen molar-refractivity contribution >= 4 is 17.8 Å². The van der Waals surface area contributed by atoms with Gasteiger partial charge in [-0.15, -0.1) is 0 Å². The summed E-state index contributed by atoms with van der Waals surface area (Å²) < 4.78 is 0. The second kappa shape index (κ2) is 7.70. The molecule has 0 bridgehead atoms. The second-order valence-electron chi connectivity index (χ2n) is 7.90. The molecule has 0 radical (unpaired) electrons. The Kier molecular flexibility index (Phi) is 5.46. The first-order valence-corrected chi connectivity index (χ1v) is 9.67. The summed E-state index contributed by atoms with van der Waals surface area (Å²) in [6, 6.07) is 14.7. The zero-order chi connectivity index (χ0) is 21.3. The van der Waals surface area contributed by atoms with Crippen LogP contribution in [0.25, 0.3) is 0 Å². The van der Waals surface area contributed by atoms with E-state index < -0.39 is 17.5 Å². The van der Waals surface area contributed by atoms with E-state index in [2.05, 4.69) is 5.32 Å². The third-order valence-corrected chi connectivity index (χ3v) is 5.73. The maximum atomic E-state index is 13.0. The van der Waals surface area contributed by atoms with Crippen LogP contribution in [0, 0.1) is 13.8 Å². The van der Waals surface area contributed by atoms with Crippen molar-refractivity contribution in [2.75, 3.05) is 13.6 Å². The highest BCUT2D eigenvalue weighted by atomic mass is 16.2. The van der Waals surface area contributed by atoms with Crippen LogP contribution in [-0.2, 0) is 15.1 Å². The predicted octanol–water partition coefficient (Wildman–Crippen LogP) is 3.29. The molecule has 2 aromatic carbocycles. The van der Waals surface area contributed by atoms with Gasteiger partial charge in [-0.1, -0.05) is 59.7 Å². The Hall–Kier alpha value is -3.15. The molecule has 0 spiro atoms. The van der Waals surface area contributed by atoms with E-state index >= 15 is 0 Å². The molecular weight excluding hydrogens is 366 g/mol. The van der Waals surface area contributed by atoms with Crippen LogP contribution in [0.4, 0.5) is 4.79 Å². The zero-order valence-corrected chi connectivity index (χ0v) is 17.5. The smallest absolute Gasteiger partial charge is 0.325 e. The first kappa shape index (κ1) is 20.6. The maximum Gasteiger partial charge on any atom is 0.325 e. The van der Waals surface area contributed by atoms with E-state index in [-0.39, 0.29) is 18.5 Å². The summed E-state index contributed by atoms with van der Waals surface area (Å²) >= 11 is 0. The number of nitrogens with one attached hydrogen (secondary N) is 1. The molecule has 1 heterocycles. The molecule has 1 N–H and O–H groups in total. The third-order valence-electron chi connectivity index (χ3n) is 5.73. The van der Waals surface area contributed by atoms with Crippen LogP contribution >= 0.6 is 0 Å². The largest absolute Gasteiger partial charge is 0.337 e. The van der Waals surface area contributed by atoms with E-state index in [9.17, 15) is 14.4 Å². The highest BCUT2D eigenvalue weighted by molar-refractivity contribution is 6.09. The molecule has 6 nitrogen and oxygen atoms in total. The number of urea groups is 1. The number of imide groups is 1. The van der Waals surface area contributed by atoms with E-state index in [1.165, 1.54) is 0 Å². The molecule has 4 amide bonds. The van der Waals surface area contributed by atoms with Crippen LogP contribution in [0.5, 0.6) is 0 Å². The second-order valence-corrected chi connectivity index (χ2v) is 7.90. The SMILES string of the molecule is Cc1ccc(C(C)N(C)C(=O)CN2C(=O)NC(C)(c3ccc(C)cc3)C2=O)cc1. The number of amides is 4. The maximum absolute atomic E-state index is 13.0. The lowest BCUT2D eigenvalue weighted by molar-refractivity contribution is -0.139. The zero-order valence-electron chi connectivity index (χ0n) is 17.5. The lowest BCUT2D eigenvalue weighted by Gasteiger charge is -2.27. The number of carbonyl (C=O) groups excluding carboxylic acids is 3. The van der Waals surface area contributed by atoms with Gasteiger partial charge >= 0.3 is 6.03 Å². The average molecular weight is 393 g/mol. The molecule has 2 aromatic rings. The molecule has 1 saturated heterocycles. The van der Waals surface area contributed by atoms with Crippen LogP contribution in [0.1, 0.15) is 42.1 Å². The first-order valence-electron chi connectivity index (χ1n) is 9.67. The highest BCUT2D eigenvalue weighted by Crippen LogP contribution is 2.29. The molecule has 152 valence electrons. The van der Waals surface area contributed by atoms with E-state index in [1.54, 1.807) is 18.9 Å². The number of aryl methyl sites for hydroxylation is 2. The Morgan fingerprint density at radius 2 is 1.55 bits per heavy atom. The summed E-state index contributed by atoms with van der Waals surface area (Å²) in [5, 5.41) is 2.74. The van der Waals surface area contributed by atoms with Gasteiger partial charge in [0.1, 0.15) is 12.1 Å². The van der Waals surface area contributed by atoms with Crippen molar-refractivity contribution in [2.24, 2.45) is 0 Å². The number of hydrogen-bond donors (Lipinski definition) is 1. The monoisotopic (exact) mass is 393 g/mol. The molecule has 1 fully saturated rings. The standard InChI is InChI=1S/C23H27N3O3/c1-15-6-10-18(11-7-15)17(3)25(5)20(27)14-26-21(28)23(4,24-22(26)29)19-12-8-16(2)9-13-19/h6-13,17H,14H2,1-5H3,(H,24,29). The molecule has 0 saturated carbocycles. The van der Waals surface area contributed by atoms with Gasteiger partial charge in [0.15, 0.2) is 0 Å². The summed E-state index contributed by atoms with van der Waals surface area (Å²) in [7, 11) is 1.68. The van der Waals surface area contributed by atoms with Gasteiger partial charge < -0.3 is 10.2 Å². The van der Waals surface area contributed by atoms with E-state index in [0.29, 0.717) is 5.56 Å². The number of nitrogens with zero attached hydrogens (tertiary/aromatic N) is 2. The Morgan fingerprint density at radius 3 is 2.10 bits per heavy atom. The Balaban J connectivity index is 1.74. The van der Waals surface area contributed by atoms with Gasteiger partial charge in [-0.3, -0.25) is 14.5 Å². The summed E-state index contributed by atoms with van der Waals surface area (Å²) in [5.41, 5.74) is 2.72. The number of likely N-dealkylation sites (N-methyl/N-ethyl adjacent to an activating group) is 1. The minimum Gasteiger partial charge on any atom is -0.337 e. The highest BCUT2D eigenvalue weighted by Gasteiger charge is 2.49. The van der Waals surface area contributed by atoms with Gasteiger partial charge in [0, 0.05) is 7.05 Å². The fraction of sp³-hybridized carbons (Fsp3) is 0.348. The van der Waals surface area contributed by atoms with E-state index in [1.807, 2.05) is 69.3 Å². The number of carbonyl (C=O) groups is 3. The summed E-state index contributed by atoms with van der Waals surface area (Å²) in [6.45, 7) is 7.26.